The van der Waals surface area contributed by atoms with Gasteiger partial charge in [-0.05, 0) is 18.6 Å². The Bertz CT molecular complexity index is 1320. The molecule has 0 heterocycles. The van der Waals surface area contributed by atoms with Crippen LogP contribution in [-0.2, 0) is 28.5 Å². The van der Waals surface area contributed by atoms with Crippen LogP contribution in [0.3, 0.4) is 0 Å². The number of rotatable bonds is 19. The second-order valence-electron chi connectivity index (χ2n) is 10.6. The van der Waals surface area contributed by atoms with E-state index in [1.54, 1.807) is 5.32 Å². The molecule has 67 heavy (non-hydrogen) atoms. The van der Waals surface area contributed by atoms with Crippen molar-refractivity contribution in [1.82, 2.24) is 5.32 Å². The number of thiol groups is 1. The Labute approximate surface area is 350 Å². The highest BCUT2D eigenvalue weighted by Gasteiger charge is 2.78. The largest absolute Gasteiger partial charge is 0.458 e. The van der Waals surface area contributed by atoms with Crippen molar-refractivity contribution in [3.05, 3.63) is 0 Å². The van der Waals surface area contributed by atoms with Gasteiger partial charge in [0.2, 0.25) is 0 Å². The van der Waals surface area contributed by atoms with Gasteiger partial charge in [0, 0.05) is 6.54 Å². The first kappa shape index (κ1) is 70.7. The lowest BCUT2D eigenvalue weighted by Crippen LogP contribution is -2.60. The summed E-state index contributed by atoms with van der Waals surface area (Å²) < 4.78 is 423. The Kier molecular flexibility index (Phi) is 27.9. The first-order chi connectivity index (χ1) is 29.2. The maximum atomic E-state index is 13.3. The van der Waals surface area contributed by atoms with Crippen molar-refractivity contribution in [3.8, 4) is 0 Å². The average Bonchev–Trinajstić information content (AvgIpc) is 3.06. The van der Waals surface area contributed by atoms with E-state index < -0.39 is 112 Å². The fourth-order valence-corrected chi connectivity index (χ4v) is 2.89. The molecule has 408 valence electrons. The molecule has 0 aliphatic carbocycles. The summed E-state index contributed by atoms with van der Waals surface area (Å²) >= 11 is 3.95. The molecule has 0 bridgehead atoms. The molecule has 0 saturated heterocycles. The molecule has 5 atom stereocenters. The van der Waals surface area contributed by atoms with Crippen molar-refractivity contribution in [2.45, 2.75) is 131 Å². The van der Waals surface area contributed by atoms with Crippen LogP contribution in [0.5, 0.6) is 0 Å². The van der Waals surface area contributed by atoms with Crippen LogP contribution in [0.25, 0.3) is 0 Å². The highest BCUT2D eigenvalue weighted by molar-refractivity contribution is 7.80. The van der Waals surface area contributed by atoms with Crippen molar-refractivity contribution in [2.75, 3.05) is 12.3 Å². The zero-order valence-electron chi connectivity index (χ0n) is 30.3. The first-order valence-corrected chi connectivity index (χ1v) is 15.7. The topological polar surface area (TPSA) is 75.2 Å². The van der Waals surface area contributed by atoms with Crippen molar-refractivity contribution < 1.29 is 182 Å². The van der Waals surface area contributed by atoms with Crippen molar-refractivity contribution in [3.63, 3.8) is 0 Å². The number of halogens is 35. The van der Waals surface area contributed by atoms with E-state index in [1.807, 2.05) is 18.9 Å². The Hall–Kier alpha value is -2.83. The zero-order valence-corrected chi connectivity index (χ0v) is 31.2. The van der Waals surface area contributed by atoms with E-state index in [1.165, 1.54) is 0 Å². The van der Waals surface area contributed by atoms with Gasteiger partial charge in [0.1, 0.15) is 0 Å². The number of alkyl halides is 35. The van der Waals surface area contributed by atoms with Gasteiger partial charge >= 0.3 is 93.1 Å². The lowest BCUT2D eigenvalue weighted by Gasteiger charge is -2.34. The highest BCUT2D eigenvalue weighted by Crippen LogP contribution is 2.51. The molecule has 0 aliphatic rings. The minimum Gasteiger partial charge on any atom is -0.351 e. The number of unbranched alkanes of at least 4 members (excludes halogenated alkanes) is 3. The normalized spacial score (nSPS) is 17.3. The third-order valence-electron chi connectivity index (χ3n) is 5.52. The van der Waals surface area contributed by atoms with Gasteiger partial charge in [-0.25, -0.2) is 17.6 Å². The molecule has 0 aliphatic heterocycles. The summed E-state index contributed by atoms with van der Waals surface area (Å²) in [5.74, 6) is -20.1. The van der Waals surface area contributed by atoms with Gasteiger partial charge in [0.15, 0.2) is 0 Å². The van der Waals surface area contributed by atoms with Crippen LogP contribution in [0.15, 0.2) is 0 Å². The molecule has 0 rings (SSSR count). The summed E-state index contributed by atoms with van der Waals surface area (Å²) in [7, 11) is 0. The highest BCUT2D eigenvalue weighted by atomic mass is 32.1. The number of hydrogen-bond acceptors (Lipinski definition) is 7. The minimum absolute atomic E-state index is 0.264. The summed E-state index contributed by atoms with van der Waals surface area (Å²) in [5, 5.41) is 1.60. The van der Waals surface area contributed by atoms with Gasteiger partial charge in [0.05, 0.1) is 0 Å². The van der Waals surface area contributed by atoms with Crippen LogP contribution < -0.4 is 5.32 Å². The molecule has 7 nitrogen and oxygen atoms in total. The standard InChI is InChI=1S/C10H15F6NO2S.2C6H2F12O2.C2HF5/c11-8(12)19-9(13,10(14,15)16)7(18)17-5-3-1-2-4-6-20;2*7-1(3(10,11)12)19-6(17,18)4(13,5(14,15)16)20-2(8)9;3-1(4)2(5,6)7/h8,20H,1-6H2,(H,17,18);2*1-2H;1H. The van der Waals surface area contributed by atoms with Crippen LogP contribution in [0.2, 0.25) is 0 Å². The second-order valence-corrected chi connectivity index (χ2v) is 11.1. The molecule has 0 spiro atoms. The smallest absolute Gasteiger partial charge is 0.351 e. The van der Waals surface area contributed by atoms with Gasteiger partial charge in [-0.3, -0.25) is 28.5 Å². The van der Waals surface area contributed by atoms with Crippen molar-refractivity contribution in [2.24, 2.45) is 0 Å². The monoisotopic (exact) mass is 1120 g/mol. The van der Waals surface area contributed by atoms with Gasteiger partial charge in [-0.1, -0.05) is 12.8 Å². The van der Waals surface area contributed by atoms with Crippen molar-refractivity contribution >= 4 is 18.5 Å². The fraction of sp³-hybridized carbons (Fsp3) is 0.958. The first-order valence-electron chi connectivity index (χ1n) is 15.1. The Morgan fingerprint density at radius 3 is 0.896 bits per heavy atom. The molecule has 0 saturated carbocycles. The van der Waals surface area contributed by atoms with Gasteiger partial charge in [-0.2, -0.15) is 149 Å². The van der Waals surface area contributed by atoms with Crippen LogP contribution in [0.4, 0.5) is 154 Å². The van der Waals surface area contributed by atoms with Crippen LogP contribution in [-0.4, -0.2) is 124 Å². The number of nitrogens with one attached hydrogen (secondary N) is 1. The SMILES string of the molecule is FC(F)C(F)(F)F.FC(F)OC(F)(C(F)(F)F)C(F)(F)OC(F)C(F)(F)F.FC(F)OC(F)(C(F)(F)F)C(F)(F)OC(F)C(F)(F)F.O=C(NCCCCCCS)C(F)(OC(F)F)C(F)(F)F. The quantitative estimate of drug-likeness (QED) is 0.0763. The molecule has 0 aromatic heterocycles. The van der Waals surface area contributed by atoms with E-state index in [-0.39, 0.29) is 6.54 Å². The third kappa shape index (κ3) is 24.0. The van der Waals surface area contributed by atoms with E-state index in [0.29, 0.717) is 18.6 Å². The molecule has 43 heteroatoms. The molecule has 0 aromatic rings. The van der Waals surface area contributed by atoms with E-state index in [0.717, 1.165) is 12.8 Å². The lowest BCUT2D eigenvalue weighted by atomic mass is 10.2. The fourth-order valence-electron chi connectivity index (χ4n) is 2.67. The van der Waals surface area contributed by atoms with Gasteiger partial charge in [-0.15, -0.1) is 0 Å². The molecular formula is C24H20F35NO6S. The maximum Gasteiger partial charge on any atom is 0.458 e. The molecule has 0 aromatic carbocycles. The van der Waals surface area contributed by atoms with Crippen LogP contribution >= 0.6 is 12.6 Å². The van der Waals surface area contributed by atoms with Crippen LogP contribution in [0, 0.1) is 0 Å². The van der Waals surface area contributed by atoms with E-state index in [2.05, 4.69) is 17.4 Å². The molecule has 1 amide bonds. The third-order valence-corrected chi connectivity index (χ3v) is 5.84. The lowest BCUT2D eigenvalue weighted by molar-refractivity contribution is -0.500. The minimum atomic E-state index is -6.95. The Morgan fingerprint density at radius 2 is 0.687 bits per heavy atom. The predicted molar refractivity (Wildman–Crippen MR) is 142 cm³/mol. The van der Waals surface area contributed by atoms with E-state index in [4.69, 9.17) is 0 Å². The molecule has 0 fully saturated rings. The van der Waals surface area contributed by atoms with Crippen molar-refractivity contribution in [1.29, 1.82) is 0 Å². The Morgan fingerprint density at radius 1 is 0.403 bits per heavy atom. The van der Waals surface area contributed by atoms with Gasteiger partial charge < -0.3 is 5.32 Å². The Balaban J connectivity index is -0.000000414. The number of ether oxygens (including phenoxy) is 5. The van der Waals surface area contributed by atoms with E-state index >= 15 is 0 Å². The van der Waals surface area contributed by atoms with Gasteiger partial charge in [0.25, 0.3) is 18.6 Å². The summed E-state index contributed by atoms with van der Waals surface area (Å²) in [4.78, 5) is 11.1. The summed E-state index contributed by atoms with van der Waals surface area (Å²) in [6.45, 7) is -13.9. The number of hydrogen-bond donors (Lipinski definition) is 2. The molecule has 0 radical (unpaired) electrons. The summed E-state index contributed by atoms with van der Waals surface area (Å²) in [5.41, 5.74) is 0. The molecular weight excluding hydrogens is 1100 g/mol. The summed E-state index contributed by atoms with van der Waals surface area (Å²) in [6, 6.07) is 0. The summed E-state index contributed by atoms with van der Waals surface area (Å²) in [6.07, 6.45) is -63.0. The van der Waals surface area contributed by atoms with Crippen LogP contribution in [0.1, 0.15) is 25.7 Å². The number of carbonyl (C=O) groups excluding carboxylic acids is 1. The molecule has 1 N–H and O–H groups in total. The second kappa shape index (κ2) is 26.4. The molecule has 5 unspecified atom stereocenters. The average molecular weight is 1120 g/mol. The number of amides is 1. The predicted octanol–water partition coefficient (Wildman–Crippen LogP) is 12.7. The number of carbonyl (C=O) groups is 1. The maximum absolute atomic E-state index is 13.3. The zero-order chi connectivity index (χ0) is 55.0. The van der Waals surface area contributed by atoms with E-state index in [9.17, 15) is 158 Å².